The third kappa shape index (κ3) is 11.1. The Bertz CT molecular complexity index is 2190. The van der Waals surface area contributed by atoms with Crippen LogP contribution >= 0.6 is 0 Å². The van der Waals surface area contributed by atoms with Crippen molar-refractivity contribution in [3.8, 4) is 44.8 Å². The van der Waals surface area contributed by atoms with Crippen molar-refractivity contribution in [1.29, 1.82) is 0 Å². The molecule has 2 heterocycles. The fourth-order valence-corrected chi connectivity index (χ4v) is 6.69. The van der Waals surface area contributed by atoms with Crippen molar-refractivity contribution in [1.82, 2.24) is 9.97 Å². The zero-order chi connectivity index (χ0) is 36.3. The zero-order valence-corrected chi connectivity index (χ0v) is 37.6. The van der Waals surface area contributed by atoms with E-state index in [2.05, 4.69) is 170 Å². The van der Waals surface area contributed by atoms with E-state index in [0.29, 0.717) is 0 Å². The van der Waals surface area contributed by atoms with Gasteiger partial charge in [-0.1, -0.05) is 134 Å². The summed E-state index contributed by atoms with van der Waals surface area (Å²) in [5, 5.41) is 5.18. The van der Waals surface area contributed by atoms with Gasteiger partial charge in [0.2, 0.25) is 0 Å². The minimum Gasteiger partial charge on any atom is -1.00 e. The molecule has 0 radical (unpaired) electrons. The number of rotatable bonds is 8. The van der Waals surface area contributed by atoms with Gasteiger partial charge in [-0.2, -0.15) is 0 Å². The Balaban J connectivity index is 0.000000212. The predicted molar refractivity (Wildman–Crippen MR) is 222 cm³/mol. The summed E-state index contributed by atoms with van der Waals surface area (Å²) >= 11 is 1.45. The smallest absolute Gasteiger partial charge is 1.00 e. The molecule has 2 nitrogen and oxygen atoms in total. The molecule has 6 aromatic carbocycles. The molecule has 0 saturated carbocycles. The summed E-state index contributed by atoms with van der Waals surface area (Å²) in [6, 6.07) is 51.9. The molecule has 2 aromatic heterocycles. The molecule has 8 aromatic rings. The van der Waals surface area contributed by atoms with Gasteiger partial charge in [0, 0.05) is 12.4 Å². The average molecular weight is 928 g/mol. The number of hydrogen-bond acceptors (Lipinski definition) is 2. The molecule has 6 heteroatoms. The van der Waals surface area contributed by atoms with Crippen LogP contribution in [0.3, 0.4) is 0 Å². The molecule has 0 aliphatic heterocycles. The number of nitrogens with zero attached hydrogens (tertiary/aromatic N) is 2. The number of hydrogen-bond donors (Lipinski definition) is 0. The van der Waals surface area contributed by atoms with Gasteiger partial charge in [0.25, 0.3) is 0 Å². The van der Waals surface area contributed by atoms with Crippen molar-refractivity contribution >= 4 is 27.0 Å². The maximum atomic E-state index is 4.58. The number of fused-ring (bicyclic) bond motifs is 2. The van der Waals surface area contributed by atoms with E-state index in [0.717, 1.165) is 37.1 Å². The Morgan fingerprint density at radius 2 is 0.889 bits per heavy atom. The topological polar surface area (TPSA) is 25.8 Å². The summed E-state index contributed by atoms with van der Waals surface area (Å²) in [5.74, 6) is 0. The van der Waals surface area contributed by atoms with Crippen LogP contribution in [0, 0.1) is 0 Å². The van der Waals surface area contributed by atoms with E-state index >= 15 is 0 Å². The van der Waals surface area contributed by atoms with Gasteiger partial charge >= 0.3 is 41.6 Å². The second-order valence-electron chi connectivity index (χ2n) is 13.4. The largest absolute Gasteiger partial charge is 1.00 e. The monoisotopic (exact) mass is 928 g/mol. The molecular formula is C48H46Cl2HfN2Si-2. The normalized spacial score (nSPS) is 10.3. The van der Waals surface area contributed by atoms with Gasteiger partial charge in [0.1, 0.15) is 0 Å². The van der Waals surface area contributed by atoms with Crippen LogP contribution in [-0.2, 0) is 35.8 Å². The van der Waals surface area contributed by atoms with E-state index in [1.807, 2.05) is 24.5 Å². The van der Waals surface area contributed by atoms with Crippen molar-refractivity contribution < 1.29 is 47.8 Å². The maximum absolute atomic E-state index is 4.58. The molecule has 0 bridgehead atoms. The second-order valence-corrected chi connectivity index (χ2v) is 26.2. The molecule has 0 saturated heterocycles. The van der Waals surface area contributed by atoms with Gasteiger partial charge in [-0.15, -0.1) is 69.1 Å². The Morgan fingerprint density at radius 1 is 0.519 bits per heavy atom. The van der Waals surface area contributed by atoms with E-state index in [1.165, 1.54) is 89.1 Å². The summed E-state index contributed by atoms with van der Waals surface area (Å²) < 4.78 is 0. The first-order valence-corrected chi connectivity index (χ1v) is 26.2. The summed E-state index contributed by atoms with van der Waals surface area (Å²) in [7, 11) is 0. The van der Waals surface area contributed by atoms with Crippen LogP contribution < -0.4 is 24.8 Å². The third-order valence-electron chi connectivity index (χ3n) is 8.94. The number of benzene rings is 4. The van der Waals surface area contributed by atoms with Crippen LogP contribution in [0.2, 0.25) is 13.1 Å². The van der Waals surface area contributed by atoms with E-state index in [1.54, 1.807) is 0 Å². The van der Waals surface area contributed by atoms with Crippen LogP contribution in [0.15, 0.2) is 158 Å². The standard InChI is InChI=1S/2C23H20N.C2H6Si.2ClH.Hf/c2*1-2-8-17-13-20-15-19(18-9-4-3-5-10-18)16-21(20)22(14-17)23-11-6-7-12-24-23;1-3-2;;;/h2*3-7,9-16H,2,8H2,1H3;1-2H3;2*1H;/q2*-1;;;;+2/p-2. The van der Waals surface area contributed by atoms with Gasteiger partial charge in [-0.3, -0.25) is 9.97 Å². The van der Waals surface area contributed by atoms with Crippen LogP contribution in [0.4, 0.5) is 0 Å². The van der Waals surface area contributed by atoms with E-state index in [4.69, 9.17) is 0 Å². The van der Waals surface area contributed by atoms with Crippen LogP contribution in [0.5, 0.6) is 0 Å². The van der Waals surface area contributed by atoms with Gasteiger partial charge in [-0.05, 0) is 48.2 Å². The molecule has 54 heavy (non-hydrogen) atoms. The molecule has 8 rings (SSSR count). The summed E-state index contributed by atoms with van der Waals surface area (Å²) in [6.45, 7) is 9.11. The minimum absolute atomic E-state index is 0. The van der Waals surface area contributed by atoms with Crippen molar-refractivity contribution in [3.05, 3.63) is 169 Å². The average Bonchev–Trinajstić information content (AvgIpc) is 3.81. The summed E-state index contributed by atoms with van der Waals surface area (Å²) in [6.07, 6.45) is 8.24. The van der Waals surface area contributed by atoms with Gasteiger partial charge in [0.05, 0.1) is 11.4 Å². The summed E-state index contributed by atoms with van der Waals surface area (Å²) in [4.78, 5) is 9.16. The van der Waals surface area contributed by atoms with Crippen LogP contribution in [0.1, 0.15) is 37.8 Å². The third-order valence-corrected chi connectivity index (χ3v) is 8.94. The van der Waals surface area contributed by atoms with Gasteiger partial charge in [-0.25, -0.2) is 0 Å². The molecule has 0 aliphatic carbocycles. The molecule has 0 atom stereocenters. The number of halogens is 2. The Labute approximate surface area is 348 Å². The first-order valence-electron chi connectivity index (χ1n) is 18.4. The van der Waals surface area contributed by atoms with Crippen molar-refractivity contribution in [2.24, 2.45) is 0 Å². The van der Waals surface area contributed by atoms with Crippen molar-refractivity contribution in [3.63, 3.8) is 0 Å². The van der Waals surface area contributed by atoms with E-state index < -0.39 is 0 Å². The molecule has 0 amide bonds. The first-order chi connectivity index (χ1) is 25.4. The van der Waals surface area contributed by atoms with Crippen molar-refractivity contribution in [2.75, 3.05) is 0 Å². The van der Waals surface area contributed by atoms with Gasteiger partial charge in [0.15, 0.2) is 0 Å². The number of aryl methyl sites for hydroxylation is 2. The molecule has 0 fully saturated rings. The predicted octanol–water partition coefficient (Wildman–Crippen LogP) is 7.27. The molecule has 0 N–H and O–H groups in total. The Morgan fingerprint density at radius 3 is 1.22 bits per heavy atom. The maximum Gasteiger partial charge on any atom is -1.00 e. The van der Waals surface area contributed by atoms with E-state index in [9.17, 15) is 0 Å². The number of pyridine rings is 2. The fourth-order valence-electron chi connectivity index (χ4n) is 6.69. The molecular weight excluding hydrogens is 882 g/mol. The second kappa shape index (κ2) is 21.2. The fraction of sp³-hybridized carbons (Fsp3) is 0.167. The SMILES string of the molecule is CCCc1cc(-c2ccccn2)c2cc(-c3ccccc3)[cH-]c2c1.CCCc1cc(-c2ccccn2)c2cc(-c3ccccc3)[cH-]c2c1.C[Si](C)=[Hf+2].[Cl-].[Cl-]. The Kier molecular flexibility index (Phi) is 16.8. The first kappa shape index (κ1) is 42.8. The van der Waals surface area contributed by atoms with Crippen molar-refractivity contribution in [2.45, 2.75) is 52.6 Å². The Hall–Kier alpha value is -3.93. The molecule has 0 spiro atoms. The number of aromatic nitrogens is 2. The van der Waals surface area contributed by atoms with Gasteiger partial charge < -0.3 is 24.8 Å². The molecule has 0 aliphatic rings. The van der Waals surface area contributed by atoms with E-state index in [-0.39, 0.29) is 30.3 Å². The quantitative estimate of drug-likeness (QED) is 0.119. The van der Waals surface area contributed by atoms with Crippen LogP contribution in [0.25, 0.3) is 66.3 Å². The minimum atomic E-state index is 0. The zero-order valence-electron chi connectivity index (χ0n) is 31.5. The van der Waals surface area contributed by atoms with Crippen LogP contribution in [-0.4, -0.2) is 15.5 Å². The molecule has 272 valence electrons. The summed E-state index contributed by atoms with van der Waals surface area (Å²) in [5.41, 5.74) is 12.7. The molecule has 0 unspecified atom stereocenters.